The Morgan fingerprint density at radius 3 is 2.46 bits per heavy atom. The van der Waals surface area contributed by atoms with E-state index in [1.807, 2.05) is 13.2 Å². The summed E-state index contributed by atoms with van der Waals surface area (Å²) >= 11 is 3.01. The van der Waals surface area contributed by atoms with Crippen molar-refractivity contribution in [2.75, 3.05) is 6.26 Å². The number of nitrogens with zero attached hydrogens (tertiary/aromatic N) is 2. The molecule has 0 aromatic carbocycles. The molecule has 5 rings (SSSR count). The monoisotopic (exact) mass is 367 g/mol. The maximum Gasteiger partial charge on any atom is 0.277 e. The van der Waals surface area contributed by atoms with Gasteiger partial charge in [0.15, 0.2) is 0 Å². The van der Waals surface area contributed by atoms with E-state index in [0.717, 1.165) is 17.8 Å². The summed E-state index contributed by atoms with van der Waals surface area (Å²) in [4.78, 5) is 12.7. The van der Waals surface area contributed by atoms with Gasteiger partial charge in [0.1, 0.15) is 0 Å². The van der Waals surface area contributed by atoms with Crippen molar-refractivity contribution in [1.29, 1.82) is 0 Å². The van der Waals surface area contributed by atoms with Crippen LogP contribution in [-0.4, -0.2) is 33.1 Å². The molecule has 1 unspecified atom stereocenters. The summed E-state index contributed by atoms with van der Waals surface area (Å²) in [5, 5.41) is 11.8. The summed E-state index contributed by atoms with van der Waals surface area (Å²) in [6.45, 7) is 1.93. The van der Waals surface area contributed by atoms with Gasteiger partial charge in [0.2, 0.25) is 11.8 Å². The molecule has 0 spiro atoms. The molecule has 4 bridgehead atoms. The van der Waals surface area contributed by atoms with Gasteiger partial charge in [-0.1, -0.05) is 11.8 Å². The van der Waals surface area contributed by atoms with E-state index in [9.17, 15) is 4.79 Å². The molecule has 7 heteroatoms. The van der Waals surface area contributed by atoms with Crippen LogP contribution < -0.4 is 5.32 Å². The molecular weight excluding hydrogens is 342 g/mol. The van der Waals surface area contributed by atoms with Gasteiger partial charge in [0, 0.05) is 5.54 Å². The number of carbonyl (C=O) groups is 1. The van der Waals surface area contributed by atoms with Crippen LogP contribution >= 0.6 is 23.5 Å². The maximum absolute atomic E-state index is 12.7. The van der Waals surface area contributed by atoms with Crippen LogP contribution in [0, 0.1) is 17.8 Å². The summed E-state index contributed by atoms with van der Waals surface area (Å²) in [6.07, 6.45) is 9.71. The molecular formula is C17H25N3O2S2. The third-order valence-corrected chi connectivity index (χ3v) is 7.26. The highest BCUT2D eigenvalue weighted by Gasteiger charge is 2.51. The molecule has 0 aliphatic heterocycles. The second kappa shape index (κ2) is 6.56. The van der Waals surface area contributed by atoms with E-state index in [4.69, 9.17) is 4.42 Å². The van der Waals surface area contributed by atoms with Crippen LogP contribution in [0.25, 0.3) is 0 Å². The fourth-order valence-corrected chi connectivity index (χ4v) is 6.36. The molecule has 1 aromatic heterocycles. The predicted octanol–water partition coefficient (Wildman–Crippen LogP) is 3.50. The average molecular weight is 368 g/mol. The van der Waals surface area contributed by atoms with Crippen LogP contribution in [0.3, 0.4) is 0 Å². The fraction of sp³-hybridized carbons (Fsp3) is 0.824. The highest BCUT2D eigenvalue weighted by molar-refractivity contribution is 8.00. The van der Waals surface area contributed by atoms with Gasteiger partial charge in [0.05, 0.1) is 11.0 Å². The SMILES string of the molecule is CSCc1nnc(SC(C)C(=O)NC23CC4CC(CC(C4)C2)C3)o1. The summed E-state index contributed by atoms with van der Waals surface area (Å²) in [6, 6.07) is 0. The van der Waals surface area contributed by atoms with Crippen molar-refractivity contribution in [1.82, 2.24) is 15.5 Å². The van der Waals surface area contributed by atoms with Crippen LogP contribution in [0.1, 0.15) is 51.3 Å². The smallest absolute Gasteiger partial charge is 0.277 e. The topological polar surface area (TPSA) is 68.0 Å². The molecule has 132 valence electrons. The molecule has 24 heavy (non-hydrogen) atoms. The van der Waals surface area contributed by atoms with Crippen molar-refractivity contribution in [3.63, 3.8) is 0 Å². The second-order valence-electron chi connectivity index (χ2n) is 7.84. The highest BCUT2D eigenvalue weighted by atomic mass is 32.2. The van der Waals surface area contributed by atoms with Gasteiger partial charge in [-0.05, 0) is 69.5 Å². The third kappa shape index (κ3) is 3.34. The maximum atomic E-state index is 12.7. The summed E-state index contributed by atoms with van der Waals surface area (Å²) in [5.41, 5.74) is 0.0690. The summed E-state index contributed by atoms with van der Waals surface area (Å²) in [5.74, 6) is 3.96. The van der Waals surface area contributed by atoms with E-state index in [1.54, 1.807) is 11.8 Å². The summed E-state index contributed by atoms with van der Waals surface area (Å²) < 4.78 is 5.58. The van der Waals surface area contributed by atoms with Crippen LogP contribution in [0.15, 0.2) is 9.64 Å². The number of nitrogens with one attached hydrogen (secondary N) is 1. The lowest BCUT2D eigenvalue weighted by molar-refractivity contribution is -0.126. The zero-order valence-electron chi connectivity index (χ0n) is 14.3. The van der Waals surface area contributed by atoms with Crippen LogP contribution in [0.4, 0.5) is 0 Å². The quantitative estimate of drug-likeness (QED) is 0.776. The normalized spacial score (nSPS) is 35.2. The van der Waals surface area contributed by atoms with Crippen molar-refractivity contribution < 1.29 is 9.21 Å². The van der Waals surface area contributed by atoms with Crippen LogP contribution in [-0.2, 0) is 10.5 Å². The molecule has 4 fully saturated rings. The van der Waals surface area contributed by atoms with Crippen molar-refractivity contribution in [2.45, 2.75) is 67.2 Å². The Labute approximate surface area is 151 Å². The van der Waals surface area contributed by atoms with Gasteiger partial charge in [-0.15, -0.1) is 10.2 Å². The number of hydrogen-bond acceptors (Lipinski definition) is 6. The molecule has 1 atom stereocenters. The first-order valence-corrected chi connectivity index (χ1v) is 11.1. The van der Waals surface area contributed by atoms with Crippen molar-refractivity contribution in [3.05, 3.63) is 5.89 Å². The Hall–Kier alpha value is -0.690. The summed E-state index contributed by atoms with van der Waals surface area (Å²) in [7, 11) is 0. The predicted molar refractivity (Wildman–Crippen MR) is 95.9 cm³/mol. The van der Waals surface area contributed by atoms with Gasteiger partial charge < -0.3 is 9.73 Å². The average Bonchev–Trinajstić information content (AvgIpc) is 2.93. The number of hydrogen-bond donors (Lipinski definition) is 1. The third-order valence-electron chi connectivity index (χ3n) is 5.79. The van der Waals surface area contributed by atoms with Gasteiger partial charge in [-0.3, -0.25) is 4.79 Å². The number of amides is 1. The van der Waals surface area contributed by atoms with Gasteiger partial charge in [0.25, 0.3) is 5.22 Å². The van der Waals surface area contributed by atoms with Gasteiger partial charge >= 0.3 is 0 Å². The number of carbonyl (C=O) groups excluding carboxylic acids is 1. The van der Waals surface area contributed by atoms with E-state index in [1.165, 1.54) is 50.3 Å². The zero-order valence-corrected chi connectivity index (χ0v) is 15.9. The van der Waals surface area contributed by atoms with E-state index in [2.05, 4.69) is 15.5 Å². The Morgan fingerprint density at radius 2 is 1.88 bits per heavy atom. The van der Waals surface area contributed by atoms with E-state index >= 15 is 0 Å². The Bertz CT molecular complexity index is 583. The first kappa shape index (κ1) is 16.8. The minimum atomic E-state index is -0.208. The lowest BCUT2D eigenvalue weighted by Gasteiger charge is -2.57. The molecule has 1 N–H and O–H groups in total. The number of thioether (sulfide) groups is 2. The van der Waals surface area contributed by atoms with Crippen LogP contribution in [0.5, 0.6) is 0 Å². The van der Waals surface area contributed by atoms with E-state index in [0.29, 0.717) is 16.9 Å². The molecule has 0 saturated heterocycles. The first-order chi connectivity index (χ1) is 11.5. The highest BCUT2D eigenvalue weighted by Crippen LogP contribution is 2.55. The molecule has 1 aromatic rings. The first-order valence-electron chi connectivity index (χ1n) is 8.85. The van der Waals surface area contributed by atoms with Crippen LogP contribution in [0.2, 0.25) is 0 Å². The molecule has 1 heterocycles. The van der Waals surface area contributed by atoms with Crippen molar-refractivity contribution in [2.24, 2.45) is 17.8 Å². The Kier molecular flexibility index (Phi) is 4.58. The zero-order chi connectivity index (χ0) is 16.7. The second-order valence-corrected chi connectivity index (χ2v) is 10.0. The molecule has 4 aliphatic rings. The number of aromatic nitrogens is 2. The molecule has 0 radical (unpaired) electrons. The van der Waals surface area contributed by atoms with Crippen molar-refractivity contribution in [3.8, 4) is 0 Å². The van der Waals surface area contributed by atoms with E-state index < -0.39 is 0 Å². The largest absolute Gasteiger partial charge is 0.415 e. The fourth-order valence-electron chi connectivity index (χ4n) is 5.30. The molecule has 4 aliphatic carbocycles. The van der Waals surface area contributed by atoms with E-state index in [-0.39, 0.29) is 16.7 Å². The van der Waals surface area contributed by atoms with Gasteiger partial charge in [-0.25, -0.2) is 0 Å². The lowest BCUT2D eigenvalue weighted by Crippen LogP contribution is -2.60. The lowest BCUT2D eigenvalue weighted by atomic mass is 9.53. The van der Waals surface area contributed by atoms with Crippen molar-refractivity contribution >= 4 is 29.4 Å². The molecule has 1 amide bonds. The minimum Gasteiger partial charge on any atom is -0.415 e. The molecule has 4 saturated carbocycles. The van der Waals surface area contributed by atoms with Gasteiger partial charge in [-0.2, -0.15) is 11.8 Å². The Balaban J connectivity index is 1.37. The Morgan fingerprint density at radius 1 is 1.25 bits per heavy atom. The number of rotatable bonds is 6. The minimum absolute atomic E-state index is 0.0690. The molecule has 5 nitrogen and oxygen atoms in total. The standard InChI is InChI=1S/C17H25N3O2S2/c1-10(24-16-20-19-14(22-16)9-23-2)15(21)18-17-6-11-3-12(7-17)5-13(4-11)8-17/h10-13H,3-9H2,1-2H3,(H,18,21).